The maximum Gasteiger partial charge on any atom is 0.196 e. The van der Waals surface area contributed by atoms with Gasteiger partial charge in [0, 0.05) is 11.6 Å². The van der Waals surface area contributed by atoms with Gasteiger partial charge in [0.05, 0.1) is 15.9 Å². The average Bonchev–Trinajstić information content (AvgIpc) is 2.93. The number of anilines is 1. The van der Waals surface area contributed by atoms with E-state index < -0.39 is 15.7 Å². The van der Waals surface area contributed by atoms with Crippen molar-refractivity contribution < 1.29 is 12.8 Å². The number of hydrogen-bond acceptors (Lipinski definition) is 4. The summed E-state index contributed by atoms with van der Waals surface area (Å²) in [5.41, 5.74) is 2.44. The van der Waals surface area contributed by atoms with Gasteiger partial charge in [-0.3, -0.25) is 0 Å². The van der Waals surface area contributed by atoms with Crippen LogP contribution in [0.15, 0.2) is 47.4 Å². The summed E-state index contributed by atoms with van der Waals surface area (Å²) in [6, 6.07) is 10.5. The Bertz CT molecular complexity index is 1030. The highest BCUT2D eigenvalue weighted by molar-refractivity contribution is 7.91. The van der Waals surface area contributed by atoms with Crippen LogP contribution in [0.2, 0.25) is 0 Å². The van der Waals surface area contributed by atoms with Gasteiger partial charge < -0.3 is 10.3 Å². The third-order valence-corrected chi connectivity index (χ3v) is 6.11. The Kier molecular flexibility index (Phi) is 3.95. The number of imidazole rings is 1. The summed E-state index contributed by atoms with van der Waals surface area (Å²) in [7, 11) is -3.61. The minimum atomic E-state index is -3.61. The number of nitrogens with zero attached hydrogens (tertiary/aromatic N) is 1. The average molecular weight is 359 g/mol. The fourth-order valence-electron chi connectivity index (χ4n) is 2.94. The molecule has 1 fully saturated rings. The lowest BCUT2D eigenvalue weighted by Gasteiger charge is -2.22. The van der Waals surface area contributed by atoms with Gasteiger partial charge >= 0.3 is 0 Å². The van der Waals surface area contributed by atoms with Crippen molar-refractivity contribution in [2.45, 2.75) is 30.1 Å². The van der Waals surface area contributed by atoms with E-state index in [4.69, 9.17) is 0 Å². The van der Waals surface area contributed by atoms with Crippen LogP contribution in [0.5, 0.6) is 0 Å². The van der Waals surface area contributed by atoms with Crippen molar-refractivity contribution in [1.29, 1.82) is 0 Å². The quantitative estimate of drug-likeness (QED) is 0.726. The van der Waals surface area contributed by atoms with Gasteiger partial charge in [-0.05, 0) is 49.2 Å². The molecule has 0 radical (unpaired) electrons. The highest BCUT2D eigenvalue weighted by Gasteiger charge is 2.22. The maximum atomic E-state index is 13.2. The van der Waals surface area contributed by atoms with Crippen LogP contribution in [-0.2, 0) is 9.84 Å². The molecule has 1 saturated carbocycles. The van der Waals surface area contributed by atoms with Crippen LogP contribution in [0, 0.1) is 5.82 Å². The SMILES string of the molecule is O=S(=O)(CNc1ccc2nc(C3CCC3)[nH]c2c1)c1cccc(F)c1. The Morgan fingerprint density at radius 1 is 1.20 bits per heavy atom. The lowest BCUT2D eigenvalue weighted by atomic mass is 9.85. The van der Waals surface area contributed by atoms with E-state index in [-0.39, 0.29) is 10.8 Å². The fraction of sp³-hybridized carbons (Fsp3) is 0.278. The molecule has 0 atom stereocenters. The van der Waals surface area contributed by atoms with Gasteiger partial charge in [0.1, 0.15) is 17.5 Å². The Morgan fingerprint density at radius 3 is 2.76 bits per heavy atom. The summed E-state index contributed by atoms with van der Waals surface area (Å²) in [6.45, 7) is 0. The number of hydrogen-bond donors (Lipinski definition) is 2. The second kappa shape index (κ2) is 6.15. The minimum absolute atomic E-state index is 0.0325. The van der Waals surface area contributed by atoms with E-state index >= 15 is 0 Å². The summed E-state index contributed by atoms with van der Waals surface area (Å²) >= 11 is 0. The molecule has 2 aromatic carbocycles. The third kappa shape index (κ3) is 3.24. The van der Waals surface area contributed by atoms with Gasteiger partial charge in [-0.1, -0.05) is 12.5 Å². The molecule has 0 bridgehead atoms. The molecule has 7 heteroatoms. The van der Waals surface area contributed by atoms with Gasteiger partial charge in [-0.15, -0.1) is 0 Å². The number of fused-ring (bicyclic) bond motifs is 1. The zero-order chi connectivity index (χ0) is 17.4. The summed E-state index contributed by atoms with van der Waals surface area (Å²) in [5, 5.41) is 2.90. The zero-order valence-electron chi connectivity index (χ0n) is 13.5. The number of benzene rings is 2. The zero-order valence-corrected chi connectivity index (χ0v) is 14.3. The molecule has 0 unspecified atom stereocenters. The minimum Gasteiger partial charge on any atom is -0.371 e. The van der Waals surface area contributed by atoms with Crippen LogP contribution >= 0.6 is 0 Å². The van der Waals surface area contributed by atoms with Crippen molar-refractivity contribution in [2.75, 3.05) is 11.2 Å². The van der Waals surface area contributed by atoms with Crippen molar-refractivity contribution >= 4 is 26.6 Å². The van der Waals surface area contributed by atoms with Gasteiger partial charge in [0.15, 0.2) is 9.84 Å². The van der Waals surface area contributed by atoms with Crippen LogP contribution in [0.1, 0.15) is 31.0 Å². The molecule has 0 aliphatic heterocycles. The van der Waals surface area contributed by atoms with Crippen LogP contribution in [0.4, 0.5) is 10.1 Å². The maximum absolute atomic E-state index is 13.2. The van der Waals surface area contributed by atoms with E-state index in [1.165, 1.54) is 24.6 Å². The number of aromatic nitrogens is 2. The van der Waals surface area contributed by atoms with E-state index in [1.807, 2.05) is 12.1 Å². The molecule has 0 amide bonds. The molecule has 1 aliphatic rings. The lowest BCUT2D eigenvalue weighted by Crippen LogP contribution is -2.14. The summed E-state index contributed by atoms with van der Waals surface area (Å²) in [4.78, 5) is 7.89. The fourth-order valence-corrected chi connectivity index (χ4v) is 4.04. The predicted molar refractivity (Wildman–Crippen MR) is 94.8 cm³/mol. The number of rotatable bonds is 5. The van der Waals surface area contributed by atoms with Crippen molar-refractivity contribution in [3.63, 3.8) is 0 Å². The van der Waals surface area contributed by atoms with Gasteiger partial charge in [0.25, 0.3) is 0 Å². The van der Waals surface area contributed by atoms with E-state index in [0.717, 1.165) is 35.8 Å². The molecule has 2 N–H and O–H groups in total. The van der Waals surface area contributed by atoms with Crippen LogP contribution in [0.3, 0.4) is 0 Å². The van der Waals surface area contributed by atoms with Crippen LogP contribution in [0.25, 0.3) is 11.0 Å². The first-order chi connectivity index (χ1) is 12.0. The molecule has 4 rings (SSSR count). The Labute approximate surface area is 145 Å². The highest BCUT2D eigenvalue weighted by Crippen LogP contribution is 2.35. The number of nitrogens with one attached hydrogen (secondary N) is 2. The van der Waals surface area contributed by atoms with Crippen molar-refractivity contribution in [1.82, 2.24) is 9.97 Å². The van der Waals surface area contributed by atoms with E-state index in [0.29, 0.717) is 11.6 Å². The second-order valence-corrected chi connectivity index (χ2v) is 8.36. The van der Waals surface area contributed by atoms with E-state index in [1.54, 1.807) is 6.07 Å². The Morgan fingerprint density at radius 2 is 2.04 bits per heavy atom. The molecule has 3 aromatic rings. The Balaban J connectivity index is 1.52. The molecular weight excluding hydrogens is 341 g/mol. The summed E-state index contributed by atoms with van der Waals surface area (Å²) < 4.78 is 37.9. The lowest BCUT2D eigenvalue weighted by molar-refractivity contribution is 0.405. The second-order valence-electron chi connectivity index (χ2n) is 6.38. The number of H-pyrrole nitrogens is 1. The van der Waals surface area contributed by atoms with Gasteiger partial charge in [-0.2, -0.15) is 0 Å². The molecule has 130 valence electrons. The highest BCUT2D eigenvalue weighted by atomic mass is 32.2. The molecule has 0 spiro atoms. The topological polar surface area (TPSA) is 74.8 Å². The number of aromatic amines is 1. The first kappa shape index (κ1) is 16.1. The Hall–Kier alpha value is -2.41. The first-order valence-electron chi connectivity index (χ1n) is 8.23. The summed E-state index contributed by atoms with van der Waals surface area (Å²) in [5.74, 6) is 0.650. The van der Waals surface area contributed by atoms with Crippen molar-refractivity contribution in [3.05, 3.63) is 54.1 Å². The van der Waals surface area contributed by atoms with Gasteiger partial charge in [-0.25, -0.2) is 17.8 Å². The molecule has 5 nitrogen and oxygen atoms in total. The smallest absolute Gasteiger partial charge is 0.196 e. The molecular formula is C18H18FN3O2S. The number of sulfone groups is 1. The molecule has 0 saturated heterocycles. The summed E-state index contributed by atoms with van der Waals surface area (Å²) in [6.07, 6.45) is 3.57. The van der Waals surface area contributed by atoms with Crippen molar-refractivity contribution in [2.24, 2.45) is 0 Å². The van der Waals surface area contributed by atoms with Crippen LogP contribution < -0.4 is 5.32 Å². The van der Waals surface area contributed by atoms with E-state index in [2.05, 4.69) is 15.3 Å². The van der Waals surface area contributed by atoms with E-state index in [9.17, 15) is 12.8 Å². The van der Waals surface area contributed by atoms with Crippen LogP contribution in [-0.4, -0.2) is 24.3 Å². The molecule has 25 heavy (non-hydrogen) atoms. The van der Waals surface area contributed by atoms with Crippen molar-refractivity contribution in [3.8, 4) is 0 Å². The predicted octanol–water partition coefficient (Wildman–Crippen LogP) is 3.81. The molecule has 1 aromatic heterocycles. The number of halogens is 1. The standard InChI is InChI=1S/C18H18FN3O2S/c19-13-5-2-6-15(9-13)25(23,24)11-20-14-7-8-16-17(10-14)22-18(21-16)12-3-1-4-12/h2,5-10,12,20H,1,3-4,11H2,(H,21,22). The monoisotopic (exact) mass is 359 g/mol. The largest absolute Gasteiger partial charge is 0.371 e. The molecule has 1 aliphatic carbocycles. The normalized spacial score (nSPS) is 15.2. The first-order valence-corrected chi connectivity index (χ1v) is 9.88. The van der Waals surface area contributed by atoms with Gasteiger partial charge in [0.2, 0.25) is 0 Å². The third-order valence-electron chi connectivity index (χ3n) is 4.61. The molecule has 1 heterocycles.